The zero-order valence-electron chi connectivity index (χ0n) is 4.57. The van der Waals surface area contributed by atoms with E-state index in [1.165, 1.54) is 0 Å². The Hall–Kier alpha value is -0.540. The maximum Gasteiger partial charge on any atom is 0.0373 e. The summed E-state index contributed by atoms with van der Waals surface area (Å²) >= 11 is 0. The normalized spacial score (nSPS) is 12.1. The first-order chi connectivity index (χ1) is 3.77. The Morgan fingerprint density at radius 2 is 2.50 bits per heavy atom. The van der Waals surface area contributed by atoms with E-state index in [0.29, 0.717) is 12.3 Å². The van der Waals surface area contributed by atoms with Crippen molar-refractivity contribution >= 4 is 10.8 Å². The summed E-state index contributed by atoms with van der Waals surface area (Å²) in [6.07, 6.45) is 1.58. The highest BCUT2D eigenvalue weighted by Gasteiger charge is 1.84. The number of azide groups is 1. The zero-order valence-corrected chi connectivity index (χ0v) is 5.39. The second-order valence-electron chi connectivity index (χ2n) is 1.23. The summed E-state index contributed by atoms with van der Waals surface area (Å²) in [4.78, 5) is 2.50. The summed E-state index contributed by atoms with van der Waals surface area (Å²) in [5.41, 5.74) is 7.74. The molecule has 0 bridgehead atoms. The second kappa shape index (κ2) is 4.61. The molecule has 0 aromatic carbocycles. The predicted molar refractivity (Wildman–Crippen MR) is 32.9 cm³/mol. The van der Waals surface area contributed by atoms with Gasteiger partial charge in [0.25, 0.3) is 0 Å². The fraction of sp³-hybridized carbons (Fsp3) is 1.00. The van der Waals surface area contributed by atoms with Crippen molar-refractivity contribution in [2.75, 3.05) is 18.6 Å². The summed E-state index contributed by atoms with van der Waals surface area (Å²) in [7, 11) is -0.832. The van der Waals surface area contributed by atoms with E-state index in [1.54, 1.807) is 6.26 Å². The Kier molecular flexibility index (Phi) is 4.30. The monoisotopic (exact) mass is 133 g/mol. The van der Waals surface area contributed by atoms with Gasteiger partial charge in [0.2, 0.25) is 0 Å². The molecule has 0 saturated heterocycles. The maximum atomic E-state index is 10.2. The lowest BCUT2D eigenvalue weighted by atomic mass is 10.8. The minimum absolute atomic E-state index is 0.333. The van der Waals surface area contributed by atoms with Gasteiger partial charge < -0.3 is 0 Å². The van der Waals surface area contributed by atoms with Gasteiger partial charge in [-0.1, -0.05) is 5.11 Å². The number of rotatable bonds is 3. The fourth-order valence-electron chi connectivity index (χ4n) is 0.214. The van der Waals surface area contributed by atoms with E-state index in [2.05, 4.69) is 10.0 Å². The molecule has 0 amide bonds. The molecular formula is C3H7N3OS. The summed E-state index contributed by atoms with van der Waals surface area (Å²) < 4.78 is 10.2. The molecule has 8 heavy (non-hydrogen) atoms. The average Bonchev–Trinajstić information content (AvgIpc) is 1.66. The average molecular weight is 133 g/mol. The SMILES string of the molecule is CS(=O)CCN=[N+]=[N-]. The van der Waals surface area contributed by atoms with E-state index < -0.39 is 10.8 Å². The van der Waals surface area contributed by atoms with Crippen LogP contribution in [0, 0.1) is 0 Å². The van der Waals surface area contributed by atoms with Crippen LogP contribution in [-0.4, -0.2) is 22.8 Å². The predicted octanol–water partition coefficient (Wildman–Crippen LogP) is 0.675. The quantitative estimate of drug-likeness (QED) is 0.317. The van der Waals surface area contributed by atoms with Gasteiger partial charge in [-0.15, -0.1) is 0 Å². The highest BCUT2D eigenvalue weighted by atomic mass is 32.2. The largest absolute Gasteiger partial charge is 0.260 e. The van der Waals surface area contributed by atoms with Crippen molar-refractivity contribution in [1.29, 1.82) is 0 Å². The summed E-state index contributed by atoms with van der Waals surface area (Å²) in [5.74, 6) is 0.462. The molecule has 0 fully saturated rings. The van der Waals surface area contributed by atoms with Gasteiger partial charge in [0, 0.05) is 34.3 Å². The van der Waals surface area contributed by atoms with Gasteiger partial charge in [0.1, 0.15) is 0 Å². The highest BCUT2D eigenvalue weighted by Crippen LogP contribution is 1.75. The molecule has 1 unspecified atom stereocenters. The Morgan fingerprint density at radius 3 is 2.88 bits per heavy atom. The van der Waals surface area contributed by atoms with E-state index in [9.17, 15) is 4.21 Å². The molecule has 0 radical (unpaired) electrons. The van der Waals surface area contributed by atoms with Gasteiger partial charge in [0.15, 0.2) is 0 Å². The molecule has 0 aromatic heterocycles. The lowest BCUT2D eigenvalue weighted by Gasteiger charge is -1.83. The molecule has 0 rings (SSSR count). The van der Waals surface area contributed by atoms with Crippen molar-refractivity contribution in [2.24, 2.45) is 5.11 Å². The van der Waals surface area contributed by atoms with Crippen LogP contribution in [0.25, 0.3) is 10.4 Å². The molecule has 4 nitrogen and oxygen atoms in total. The third kappa shape index (κ3) is 5.46. The number of nitrogens with zero attached hydrogens (tertiary/aromatic N) is 3. The Morgan fingerprint density at radius 1 is 1.88 bits per heavy atom. The van der Waals surface area contributed by atoms with Crippen molar-refractivity contribution in [3.63, 3.8) is 0 Å². The summed E-state index contributed by atoms with van der Waals surface area (Å²) in [6.45, 7) is 0.333. The van der Waals surface area contributed by atoms with Crippen LogP contribution in [0.15, 0.2) is 5.11 Å². The van der Waals surface area contributed by atoms with E-state index in [-0.39, 0.29) is 0 Å². The van der Waals surface area contributed by atoms with Crippen molar-refractivity contribution in [2.45, 2.75) is 0 Å². The molecule has 0 spiro atoms. The van der Waals surface area contributed by atoms with Gasteiger partial charge in [-0.3, -0.25) is 4.21 Å². The molecule has 0 aliphatic heterocycles. The molecular weight excluding hydrogens is 126 g/mol. The van der Waals surface area contributed by atoms with Crippen molar-refractivity contribution in [3.8, 4) is 0 Å². The fourth-order valence-corrected chi connectivity index (χ4v) is 0.553. The van der Waals surface area contributed by atoms with Crippen LogP contribution in [0.1, 0.15) is 0 Å². The first-order valence-electron chi connectivity index (χ1n) is 2.08. The lowest BCUT2D eigenvalue weighted by Crippen LogP contribution is -1.95. The van der Waals surface area contributed by atoms with E-state index >= 15 is 0 Å². The smallest absolute Gasteiger partial charge is 0.0373 e. The molecule has 46 valence electrons. The van der Waals surface area contributed by atoms with Crippen molar-refractivity contribution < 1.29 is 4.21 Å². The molecule has 0 aliphatic carbocycles. The molecule has 0 N–H and O–H groups in total. The van der Waals surface area contributed by atoms with Gasteiger partial charge in [-0.25, -0.2) is 0 Å². The van der Waals surface area contributed by atoms with Crippen LogP contribution in [0.5, 0.6) is 0 Å². The maximum absolute atomic E-state index is 10.2. The molecule has 0 saturated carbocycles. The van der Waals surface area contributed by atoms with Crippen molar-refractivity contribution in [1.82, 2.24) is 0 Å². The molecule has 0 aromatic rings. The van der Waals surface area contributed by atoms with Crippen molar-refractivity contribution in [3.05, 3.63) is 10.4 Å². The third-order valence-electron chi connectivity index (χ3n) is 0.542. The van der Waals surface area contributed by atoms with Crippen LogP contribution in [0.2, 0.25) is 0 Å². The van der Waals surface area contributed by atoms with Gasteiger partial charge in [-0.05, 0) is 5.53 Å². The Bertz CT molecular complexity index is 126. The summed E-state index contributed by atoms with van der Waals surface area (Å²) in [5, 5.41) is 3.20. The van der Waals surface area contributed by atoms with Gasteiger partial charge in [0.05, 0.1) is 0 Å². The molecule has 1 atom stereocenters. The first kappa shape index (κ1) is 7.46. The van der Waals surface area contributed by atoms with Crippen LogP contribution in [-0.2, 0) is 10.8 Å². The van der Waals surface area contributed by atoms with Crippen LogP contribution < -0.4 is 0 Å². The zero-order chi connectivity index (χ0) is 6.41. The molecule has 0 heterocycles. The van der Waals surface area contributed by atoms with Crippen LogP contribution in [0.4, 0.5) is 0 Å². The van der Waals surface area contributed by atoms with Crippen LogP contribution >= 0.6 is 0 Å². The Balaban J connectivity index is 3.18. The van der Waals surface area contributed by atoms with E-state index in [1.807, 2.05) is 0 Å². The number of hydrogen-bond donors (Lipinski definition) is 0. The van der Waals surface area contributed by atoms with Crippen LogP contribution in [0.3, 0.4) is 0 Å². The van der Waals surface area contributed by atoms with E-state index in [4.69, 9.17) is 5.53 Å². The molecule has 0 aliphatic rings. The Labute approximate surface area is 50.0 Å². The van der Waals surface area contributed by atoms with Gasteiger partial charge in [-0.2, -0.15) is 0 Å². The first-order valence-corrected chi connectivity index (χ1v) is 3.81. The van der Waals surface area contributed by atoms with Gasteiger partial charge >= 0.3 is 0 Å². The second-order valence-corrected chi connectivity index (χ2v) is 2.79. The summed E-state index contributed by atoms with van der Waals surface area (Å²) in [6, 6.07) is 0. The minimum Gasteiger partial charge on any atom is -0.260 e. The topological polar surface area (TPSA) is 65.8 Å². The minimum atomic E-state index is -0.832. The molecule has 5 heteroatoms. The third-order valence-corrected chi connectivity index (χ3v) is 1.30. The highest BCUT2D eigenvalue weighted by molar-refractivity contribution is 7.84. The lowest BCUT2D eigenvalue weighted by molar-refractivity contribution is 0.686. The number of hydrogen-bond acceptors (Lipinski definition) is 2. The standard InChI is InChI=1S/C3H7N3OS/c1-8(7)3-2-5-6-4/h2-3H2,1H3. The van der Waals surface area contributed by atoms with E-state index in [0.717, 1.165) is 0 Å².